The van der Waals surface area contributed by atoms with Gasteiger partial charge in [0.05, 0.1) is 16.1 Å². The minimum Gasteiger partial charge on any atom is -0.345 e. The second-order valence-electron chi connectivity index (χ2n) is 7.64. The third-order valence-electron chi connectivity index (χ3n) is 5.33. The molecule has 7 heteroatoms. The Morgan fingerprint density at radius 3 is 2.45 bits per heavy atom. The van der Waals surface area contributed by atoms with Crippen molar-refractivity contribution in [2.24, 2.45) is 5.92 Å². The first kappa shape index (κ1) is 22.3. The predicted octanol–water partition coefficient (Wildman–Crippen LogP) is 7.71. The number of hydrogen-bond donors (Lipinski definition) is 1. The Labute approximate surface area is 197 Å². The Morgan fingerprint density at radius 1 is 1.03 bits per heavy atom. The first-order valence-electron chi connectivity index (χ1n) is 9.77. The van der Waals surface area contributed by atoms with Gasteiger partial charge in [0.15, 0.2) is 0 Å². The average Bonchev–Trinajstić information content (AvgIpc) is 3.58. The van der Waals surface area contributed by atoms with Crippen LogP contribution in [0.25, 0.3) is 11.1 Å². The Morgan fingerprint density at radius 2 is 1.81 bits per heavy atom. The van der Waals surface area contributed by atoms with E-state index in [1.54, 1.807) is 24.3 Å². The predicted molar refractivity (Wildman–Crippen MR) is 124 cm³/mol. The van der Waals surface area contributed by atoms with Gasteiger partial charge in [-0.05, 0) is 77.9 Å². The molecule has 31 heavy (non-hydrogen) atoms. The van der Waals surface area contributed by atoms with Crippen molar-refractivity contribution < 1.29 is 13.6 Å². The molecule has 0 aromatic heterocycles. The molecule has 1 aliphatic carbocycles. The van der Waals surface area contributed by atoms with Gasteiger partial charge in [0, 0.05) is 16.5 Å². The zero-order chi connectivity index (χ0) is 22.1. The SMILES string of the molecule is O=C(NC(c1ccc(Cl)c(F)c1)C1CC1)c1cc(CBr)cc(-c2ccc(F)cc2Cl)c1. The fraction of sp³-hybridized carbons (Fsp3) is 0.208. The maximum Gasteiger partial charge on any atom is 0.251 e. The van der Waals surface area contributed by atoms with Crippen LogP contribution in [0.15, 0.2) is 54.6 Å². The van der Waals surface area contributed by atoms with E-state index in [-0.39, 0.29) is 27.9 Å². The van der Waals surface area contributed by atoms with Gasteiger partial charge in [-0.15, -0.1) is 0 Å². The summed E-state index contributed by atoms with van der Waals surface area (Å²) < 4.78 is 27.5. The summed E-state index contributed by atoms with van der Waals surface area (Å²) in [6.45, 7) is 0. The number of carbonyl (C=O) groups is 1. The van der Waals surface area contributed by atoms with Crippen LogP contribution in [0.4, 0.5) is 8.78 Å². The number of nitrogens with one attached hydrogen (secondary N) is 1. The molecule has 0 bridgehead atoms. The normalized spacial score (nSPS) is 14.4. The quantitative estimate of drug-likeness (QED) is 0.328. The Hall–Kier alpha value is -1.95. The Kier molecular flexibility index (Phi) is 6.65. The minimum atomic E-state index is -0.506. The van der Waals surface area contributed by atoms with Gasteiger partial charge in [0.25, 0.3) is 5.91 Å². The fourth-order valence-corrected chi connectivity index (χ4v) is 4.33. The number of carbonyl (C=O) groups excluding carboxylic acids is 1. The van der Waals surface area contributed by atoms with Crippen LogP contribution in [0.2, 0.25) is 10.0 Å². The molecule has 1 amide bonds. The number of benzene rings is 3. The van der Waals surface area contributed by atoms with Crippen LogP contribution in [-0.4, -0.2) is 5.91 Å². The zero-order valence-electron chi connectivity index (χ0n) is 16.3. The molecule has 3 aromatic rings. The number of hydrogen-bond acceptors (Lipinski definition) is 1. The van der Waals surface area contributed by atoms with Gasteiger partial charge in [-0.1, -0.05) is 51.3 Å². The lowest BCUT2D eigenvalue weighted by Crippen LogP contribution is -2.30. The average molecular weight is 525 g/mol. The maximum absolute atomic E-state index is 14.0. The van der Waals surface area contributed by atoms with E-state index >= 15 is 0 Å². The van der Waals surface area contributed by atoms with Crippen molar-refractivity contribution >= 4 is 45.0 Å². The number of rotatable bonds is 6. The topological polar surface area (TPSA) is 29.1 Å². The van der Waals surface area contributed by atoms with Gasteiger partial charge in [0.2, 0.25) is 0 Å². The largest absolute Gasteiger partial charge is 0.345 e. The van der Waals surface area contributed by atoms with Crippen molar-refractivity contribution in [2.75, 3.05) is 0 Å². The van der Waals surface area contributed by atoms with E-state index in [2.05, 4.69) is 21.2 Å². The van der Waals surface area contributed by atoms with Crippen molar-refractivity contribution in [1.29, 1.82) is 0 Å². The van der Waals surface area contributed by atoms with E-state index < -0.39 is 11.6 Å². The van der Waals surface area contributed by atoms with E-state index in [1.807, 2.05) is 6.07 Å². The molecule has 0 aliphatic heterocycles. The molecule has 1 saturated carbocycles. The summed E-state index contributed by atoms with van der Waals surface area (Å²) in [5, 5.41) is 3.91. The summed E-state index contributed by atoms with van der Waals surface area (Å²) in [7, 11) is 0. The van der Waals surface area contributed by atoms with Crippen LogP contribution in [0.3, 0.4) is 0 Å². The molecule has 1 fully saturated rings. The smallest absolute Gasteiger partial charge is 0.251 e. The van der Waals surface area contributed by atoms with E-state index in [4.69, 9.17) is 23.2 Å². The molecule has 0 heterocycles. The second kappa shape index (κ2) is 9.27. The molecule has 0 saturated heterocycles. The third-order valence-corrected chi connectivity index (χ3v) is 6.60. The number of alkyl halides is 1. The molecule has 2 nitrogen and oxygen atoms in total. The first-order chi connectivity index (χ1) is 14.9. The summed E-state index contributed by atoms with van der Waals surface area (Å²) in [4.78, 5) is 13.2. The van der Waals surface area contributed by atoms with E-state index in [0.717, 1.165) is 18.4 Å². The highest BCUT2D eigenvalue weighted by Crippen LogP contribution is 2.42. The molecular formula is C24H18BrCl2F2NO. The molecule has 4 rings (SSSR count). The maximum atomic E-state index is 14.0. The van der Waals surface area contributed by atoms with Crippen molar-refractivity contribution in [3.05, 3.63) is 93.0 Å². The molecular weight excluding hydrogens is 507 g/mol. The fourth-order valence-electron chi connectivity index (χ4n) is 3.61. The van der Waals surface area contributed by atoms with Crippen molar-refractivity contribution in [1.82, 2.24) is 5.32 Å². The lowest BCUT2D eigenvalue weighted by Gasteiger charge is -2.20. The Bertz CT molecular complexity index is 1150. The van der Waals surface area contributed by atoms with Crippen LogP contribution >= 0.6 is 39.1 Å². The molecule has 3 aromatic carbocycles. The van der Waals surface area contributed by atoms with E-state index in [0.29, 0.717) is 27.6 Å². The number of amides is 1. The van der Waals surface area contributed by atoms with E-state index in [1.165, 1.54) is 24.3 Å². The zero-order valence-corrected chi connectivity index (χ0v) is 19.4. The monoisotopic (exact) mass is 523 g/mol. The Balaban J connectivity index is 1.66. The van der Waals surface area contributed by atoms with Crippen molar-refractivity contribution in [3.8, 4) is 11.1 Å². The highest BCUT2D eigenvalue weighted by Gasteiger charge is 2.34. The first-order valence-corrected chi connectivity index (χ1v) is 11.6. The van der Waals surface area contributed by atoms with Gasteiger partial charge in [-0.2, -0.15) is 0 Å². The molecule has 1 N–H and O–H groups in total. The van der Waals surface area contributed by atoms with Crippen LogP contribution in [-0.2, 0) is 5.33 Å². The summed E-state index contributed by atoms with van der Waals surface area (Å²) in [5.41, 5.74) is 3.37. The van der Waals surface area contributed by atoms with Crippen LogP contribution < -0.4 is 5.32 Å². The lowest BCUT2D eigenvalue weighted by molar-refractivity contribution is 0.0931. The summed E-state index contributed by atoms with van der Waals surface area (Å²) >= 11 is 15.5. The molecule has 160 valence electrons. The molecule has 0 spiro atoms. The van der Waals surface area contributed by atoms with Gasteiger partial charge in [-0.3, -0.25) is 4.79 Å². The van der Waals surface area contributed by atoms with Crippen LogP contribution in [0.5, 0.6) is 0 Å². The van der Waals surface area contributed by atoms with Gasteiger partial charge in [-0.25, -0.2) is 8.78 Å². The standard InChI is InChI=1S/C24H18BrCl2F2NO/c25-12-13-7-16(19-5-4-18(28)11-21(19)27)9-17(8-13)24(31)30-23(14-1-2-14)15-3-6-20(26)22(29)10-15/h3-11,14,23H,1-2,12H2,(H,30,31). The highest BCUT2D eigenvalue weighted by molar-refractivity contribution is 9.08. The lowest BCUT2D eigenvalue weighted by atomic mass is 9.98. The van der Waals surface area contributed by atoms with Crippen LogP contribution in [0.1, 0.15) is 40.4 Å². The molecule has 0 radical (unpaired) electrons. The van der Waals surface area contributed by atoms with Crippen LogP contribution in [0, 0.1) is 17.6 Å². The summed E-state index contributed by atoms with van der Waals surface area (Å²) in [5.74, 6) is -0.941. The van der Waals surface area contributed by atoms with Crippen molar-refractivity contribution in [2.45, 2.75) is 24.2 Å². The molecule has 1 aliphatic rings. The van der Waals surface area contributed by atoms with Gasteiger partial charge in [0.1, 0.15) is 11.6 Å². The molecule has 1 atom stereocenters. The van der Waals surface area contributed by atoms with Gasteiger partial charge < -0.3 is 5.32 Å². The summed E-state index contributed by atoms with van der Waals surface area (Å²) in [6.07, 6.45) is 1.93. The second-order valence-corrected chi connectivity index (χ2v) is 9.01. The summed E-state index contributed by atoms with van der Waals surface area (Å²) in [6, 6.07) is 13.9. The number of halogens is 5. The van der Waals surface area contributed by atoms with E-state index in [9.17, 15) is 13.6 Å². The van der Waals surface area contributed by atoms with Gasteiger partial charge >= 0.3 is 0 Å². The molecule has 1 unspecified atom stereocenters. The van der Waals surface area contributed by atoms with Crippen molar-refractivity contribution in [3.63, 3.8) is 0 Å². The third kappa shape index (κ3) is 5.11. The highest BCUT2D eigenvalue weighted by atomic mass is 79.9. The minimum absolute atomic E-state index is 0.0514.